The number of thiophene rings is 2. The lowest BCUT2D eigenvalue weighted by molar-refractivity contribution is 0.508. The molecule has 1 unspecified atom stereocenters. The molecule has 2 aliphatic rings. The second-order valence-corrected chi connectivity index (χ2v) is 18.5. The van der Waals surface area contributed by atoms with Crippen molar-refractivity contribution in [1.82, 2.24) is 14.5 Å². The highest BCUT2D eigenvalue weighted by Crippen LogP contribution is 2.45. The van der Waals surface area contributed by atoms with Crippen LogP contribution >= 0.6 is 22.7 Å². The van der Waals surface area contributed by atoms with Crippen LogP contribution in [0.3, 0.4) is 0 Å². The molecule has 8 aromatic carbocycles. The predicted molar refractivity (Wildman–Crippen MR) is 265 cm³/mol. The number of rotatable bonds is 3. The number of benzene rings is 8. The van der Waals surface area contributed by atoms with E-state index >= 15 is 0 Å². The Morgan fingerprint density at radius 2 is 1.18 bits per heavy atom. The molecule has 14 rings (SSSR count). The molecule has 62 heavy (non-hydrogen) atoms. The molecule has 0 saturated heterocycles. The lowest BCUT2D eigenvalue weighted by atomic mass is 9.97. The van der Waals surface area contributed by atoms with Crippen LogP contribution < -0.4 is 5.32 Å². The molecule has 1 atom stereocenters. The molecule has 0 spiro atoms. The SMILES string of the molecule is C1=Cc2c(n(C3=NC(c4ccc(-c5cccc6ccccc56)cc4)=NC(n4c5ccccc5c5c6sc7ccccc7c6ccc54)N3)c3ccc4c5ccccc5sc4c23)CC1. The summed E-state index contributed by atoms with van der Waals surface area (Å²) in [6, 6.07) is 59.6. The summed E-state index contributed by atoms with van der Waals surface area (Å²) < 4.78 is 10.0. The van der Waals surface area contributed by atoms with Crippen molar-refractivity contribution in [2.24, 2.45) is 9.98 Å². The van der Waals surface area contributed by atoms with E-state index in [0.717, 1.165) is 40.9 Å². The van der Waals surface area contributed by atoms with Crippen LogP contribution in [0.1, 0.15) is 29.5 Å². The number of nitrogens with zero attached hydrogens (tertiary/aromatic N) is 4. The van der Waals surface area contributed by atoms with Crippen molar-refractivity contribution in [3.63, 3.8) is 0 Å². The van der Waals surface area contributed by atoms with Crippen LogP contribution in [0.2, 0.25) is 0 Å². The maximum Gasteiger partial charge on any atom is 0.212 e. The van der Waals surface area contributed by atoms with Crippen LogP contribution in [0.4, 0.5) is 0 Å². The van der Waals surface area contributed by atoms with Crippen molar-refractivity contribution in [3.05, 3.63) is 187 Å². The van der Waals surface area contributed by atoms with Gasteiger partial charge >= 0.3 is 0 Å². The summed E-state index contributed by atoms with van der Waals surface area (Å²) in [6.07, 6.45) is 6.08. The number of hydrogen-bond donors (Lipinski definition) is 1. The molecule has 1 N–H and O–H groups in total. The molecule has 0 saturated carbocycles. The third-order valence-electron chi connectivity index (χ3n) is 13.1. The van der Waals surface area contributed by atoms with Crippen molar-refractivity contribution in [2.45, 2.75) is 19.1 Å². The quantitative estimate of drug-likeness (QED) is 0.189. The third-order valence-corrected chi connectivity index (χ3v) is 15.5. The minimum absolute atomic E-state index is 0.482. The summed E-state index contributed by atoms with van der Waals surface area (Å²) in [4.78, 5) is 11.1. The highest BCUT2D eigenvalue weighted by molar-refractivity contribution is 7.27. The van der Waals surface area contributed by atoms with Gasteiger partial charge in [0, 0.05) is 73.3 Å². The molecule has 5 nitrogen and oxygen atoms in total. The maximum atomic E-state index is 5.56. The zero-order valence-corrected chi connectivity index (χ0v) is 35.0. The van der Waals surface area contributed by atoms with Gasteiger partial charge in [-0.05, 0) is 65.1 Å². The molecule has 1 aliphatic heterocycles. The van der Waals surface area contributed by atoms with Crippen molar-refractivity contribution in [2.75, 3.05) is 0 Å². The van der Waals surface area contributed by atoms with Gasteiger partial charge in [-0.3, -0.25) is 4.57 Å². The molecule has 12 aromatic rings. The smallest absolute Gasteiger partial charge is 0.212 e. The van der Waals surface area contributed by atoms with E-state index in [1.807, 2.05) is 22.7 Å². The van der Waals surface area contributed by atoms with E-state index in [4.69, 9.17) is 9.98 Å². The van der Waals surface area contributed by atoms with Gasteiger partial charge in [-0.2, -0.15) is 4.99 Å². The molecule has 0 bridgehead atoms. The van der Waals surface area contributed by atoms with E-state index in [-0.39, 0.29) is 0 Å². The number of allylic oxidation sites excluding steroid dienone is 1. The zero-order chi connectivity index (χ0) is 40.5. The van der Waals surface area contributed by atoms with Crippen LogP contribution in [-0.4, -0.2) is 20.9 Å². The van der Waals surface area contributed by atoms with Gasteiger partial charge in [0.15, 0.2) is 5.84 Å². The largest absolute Gasteiger partial charge is 0.316 e. The fraction of sp³-hybridized carbons (Fsp3) is 0.0545. The van der Waals surface area contributed by atoms with Crippen LogP contribution in [0.25, 0.3) is 101 Å². The Morgan fingerprint density at radius 1 is 0.532 bits per heavy atom. The van der Waals surface area contributed by atoms with Gasteiger partial charge in [-0.25, -0.2) is 4.99 Å². The Bertz CT molecular complexity index is 3960. The lowest BCUT2D eigenvalue weighted by Crippen LogP contribution is -2.40. The van der Waals surface area contributed by atoms with E-state index in [2.05, 4.69) is 190 Å². The van der Waals surface area contributed by atoms with Gasteiger partial charge in [0.05, 0.1) is 16.6 Å². The average molecular weight is 830 g/mol. The second-order valence-electron chi connectivity index (χ2n) is 16.4. The van der Waals surface area contributed by atoms with Gasteiger partial charge < -0.3 is 9.88 Å². The fourth-order valence-corrected chi connectivity index (χ4v) is 12.8. The van der Waals surface area contributed by atoms with Gasteiger partial charge in [0.2, 0.25) is 12.2 Å². The summed E-state index contributed by atoms with van der Waals surface area (Å²) in [5.41, 5.74) is 9.36. The first-order chi connectivity index (χ1) is 30.7. The van der Waals surface area contributed by atoms with Gasteiger partial charge in [-0.15, -0.1) is 22.7 Å². The number of aliphatic imine (C=N–C) groups is 2. The van der Waals surface area contributed by atoms with E-state index in [9.17, 15) is 0 Å². The second kappa shape index (κ2) is 13.1. The van der Waals surface area contributed by atoms with E-state index in [1.165, 1.54) is 89.7 Å². The lowest BCUT2D eigenvalue weighted by Gasteiger charge is -2.27. The molecule has 5 heterocycles. The summed E-state index contributed by atoms with van der Waals surface area (Å²) in [7, 11) is 0. The van der Waals surface area contributed by atoms with Crippen molar-refractivity contribution in [3.8, 4) is 11.1 Å². The van der Waals surface area contributed by atoms with Gasteiger partial charge in [0.25, 0.3) is 0 Å². The number of amidine groups is 1. The molecule has 292 valence electrons. The normalized spacial score (nSPS) is 15.4. The molecular formula is C55H35N5S2. The number of fused-ring (bicyclic) bond motifs is 15. The highest BCUT2D eigenvalue weighted by Gasteiger charge is 2.30. The topological polar surface area (TPSA) is 46.6 Å². The molecular weight excluding hydrogens is 795 g/mol. The van der Waals surface area contributed by atoms with Crippen molar-refractivity contribution >= 4 is 124 Å². The first-order valence-corrected chi connectivity index (χ1v) is 22.9. The summed E-state index contributed by atoms with van der Waals surface area (Å²) >= 11 is 3.77. The molecule has 0 fully saturated rings. The minimum atomic E-state index is -0.482. The molecule has 0 radical (unpaired) electrons. The molecule has 4 aromatic heterocycles. The Kier molecular flexibility index (Phi) is 7.26. The summed E-state index contributed by atoms with van der Waals surface area (Å²) in [6.45, 7) is 0. The molecule has 0 amide bonds. The Labute approximate surface area is 363 Å². The Balaban J connectivity index is 1.01. The standard InChI is InChI=1S/C55H35N5S2/c1-2-14-35-32(12-1)13-11-19-36(35)33-24-26-34(27-25-33)53-56-54(59-43-20-7-3-17-41(43)49-45(59)30-28-39-37-15-5-9-22-47(37)61-51(39)49)58-55(57-53)60-44-21-8-4-18-42(44)50-46(60)31-29-40-38-16-6-10-23-48(38)62-52(40)50/h1-7,9-20,22-31,54H,8,21H2,(H,56,57,58). The number of hydrogen-bond acceptors (Lipinski definition) is 5. The van der Waals surface area contributed by atoms with Crippen LogP contribution in [0.5, 0.6) is 0 Å². The van der Waals surface area contributed by atoms with E-state index in [1.54, 1.807) is 0 Å². The third kappa shape index (κ3) is 4.89. The fourth-order valence-electron chi connectivity index (χ4n) is 10.3. The first-order valence-electron chi connectivity index (χ1n) is 21.2. The van der Waals surface area contributed by atoms with Crippen LogP contribution in [0.15, 0.2) is 180 Å². The Hall–Kier alpha value is -7.32. The monoisotopic (exact) mass is 829 g/mol. The molecule has 7 heteroatoms. The predicted octanol–water partition coefficient (Wildman–Crippen LogP) is 14.7. The number of para-hydroxylation sites is 1. The van der Waals surface area contributed by atoms with Crippen LogP contribution in [0, 0.1) is 0 Å². The average Bonchev–Trinajstić information content (AvgIpc) is 4.09. The van der Waals surface area contributed by atoms with E-state index < -0.39 is 6.29 Å². The van der Waals surface area contributed by atoms with E-state index in [0.29, 0.717) is 5.84 Å². The maximum absolute atomic E-state index is 5.56. The summed E-state index contributed by atoms with van der Waals surface area (Å²) in [5, 5.41) is 15.4. The van der Waals surface area contributed by atoms with Crippen LogP contribution in [-0.2, 0) is 6.42 Å². The van der Waals surface area contributed by atoms with Gasteiger partial charge in [0.1, 0.15) is 0 Å². The first kappa shape index (κ1) is 34.4. The highest BCUT2D eigenvalue weighted by atomic mass is 32.1. The van der Waals surface area contributed by atoms with Gasteiger partial charge in [-0.1, -0.05) is 146 Å². The molecule has 1 aliphatic carbocycles. The van der Waals surface area contributed by atoms with Crippen molar-refractivity contribution in [1.29, 1.82) is 0 Å². The number of nitrogens with one attached hydrogen (secondary N) is 1. The Morgan fingerprint density at radius 3 is 1.97 bits per heavy atom. The number of aromatic nitrogens is 2. The minimum Gasteiger partial charge on any atom is -0.316 e. The summed E-state index contributed by atoms with van der Waals surface area (Å²) in [5.74, 6) is 1.49. The zero-order valence-electron chi connectivity index (χ0n) is 33.3. The van der Waals surface area contributed by atoms with Crippen molar-refractivity contribution < 1.29 is 0 Å².